The van der Waals surface area contributed by atoms with Crippen molar-refractivity contribution in [2.75, 3.05) is 5.32 Å². The van der Waals surface area contributed by atoms with Gasteiger partial charge in [0.2, 0.25) is 0 Å². The lowest BCUT2D eigenvalue weighted by atomic mass is 9.95. The molecular formula is C12H18N2. The maximum atomic E-state index is 4.15. The van der Waals surface area contributed by atoms with Crippen molar-refractivity contribution in [2.45, 2.75) is 45.1 Å². The molecule has 1 aromatic heterocycles. The Morgan fingerprint density at radius 2 is 2.07 bits per heavy atom. The van der Waals surface area contributed by atoms with E-state index in [9.17, 15) is 0 Å². The molecule has 0 spiro atoms. The molecule has 1 aliphatic carbocycles. The molecule has 0 bridgehead atoms. The molecule has 0 radical (unpaired) electrons. The molecule has 76 valence electrons. The molecule has 2 rings (SSSR count). The largest absolute Gasteiger partial charge is 0.381 e. The quantitative estimate of drug-likeness (QED) is 0.775. The summed E-state index contributed by atoms with van der Waals surface area (Å²) in [5, 5.41) is 3.59. The number of nitrogens with one attached hydrogen (secondary N) is 1. The minimum absolute atomic E-state index is 0.673. The van der Waals surface area contributed by atoms with Crippen LogP contribution in [0.2, 0.25) is 0 Å². The van der Waals surface area contributed by atoms with Crippen molar-refractivity contribution in [1.82, 2.24) is 4.98 Å². The molecule has 2 nitrogen and oxygen atoms in total. The van der Waals surface area contributed by atoms with Crippen LogP contribution in [0.5, 0.6) is 0 Å². The molecule has 0 unspecified atom stereocenters. The first-order valence-electron chi connectivity index (χ1n) is 5.53. The van der Waals surface area contributed by atoms with Gasteiger partial charge in [0.25, 0.3) is 0 Å². The summed E-state index contributed by atoms with van der Waals surface area (Å²) in [6.07, 6.45) is 10.6. The number of hydrogen-bond acceptors (Lipinski definition) is 2. The van der Waals surface area contributed by atoms with E-state index in [0.29, 0.717) is 6.04 Å². The van der Waals surface area contributed by atoms with Crippen molar-refractivity contribution in [3.05, 3.63) is 24.0 Å². The number of nitrogens with zero attached hydrogens (tertiary/aromatic N) is 1. The van der Waals surface area contributed by atoms with E-state index >= 15 is 0 Å². The van der Waals surface area contributed by atoms with E-state index in [2.05, 4.69) is 23.3 Å². The molecule has 0 saturated heterocycles. The summed E-state index contributed by atoms with van der Waals surface area (Å²) in [4.78, 5) is 4.15. The van der Waals surface area contributed by atoms with Gasteiger partial charge in [-0.05, 0) is 31.4 Å². The molecular weight excluding hydrogens is 172 g/mol. The average molecular weight is 190 g/mol. The lowest BCUT2D eigenvalue weighted by Crippen LogP contribution is -2.22. The van der Waals surface area contributed by atoms with Crippen LogP contribution in [0.25, 0.3) is 0 Å². The molecule has 1 N–H and O–H groups in total. The van der Waals surface area contributed by atoms with Crippen LogP contribution in [0, 0.1) is 6.92 Å². The summed E-state index contributed by atoms with van der Waals surface area (Å²) < 4.78 is 0. The van der Waals surface area contributed by atoms with Crippen LogP contribution < -0.4 is 5.32 Å². The Kier molecular flexibility index (Phi) is 3.02. The zero-order valence-electron chi connectivity index (χ0n) is 8.79. The Morgan fingerprint density at radius 1 is 1.29 bits per heavy atom. The first kappa shape index (κ1) is 9.50. The van der Waals surface area contributed by atoms with Crippen LogP contribution >= 0.6 is 0 Å². The summed E-state index contributed by atoms with van der Waals surface area (Å²) in [6, 6.07) is 2.73. The van der Waals surface area contributed by atoms with E-state index in [1.165, 1.54) is 43.4 Å². The summed E-state index contributed by atoms with van der Waals surface area (Å²) in [6.45, 7) is 2.13. The Hall–Kier alpha value is -1.05. The summed E-state index contributed by atoms with van der Waals surface area (Å²) in [5.74, 6) is 0. The van der Waals surface area contributed by atoms with Gasteiger partial charge in [-0.3, -0.25) is 4.98 Å². The molecule has 2 heteroatoms. The van der Waals surface area contributed by atoms with E-state index in [4.69, 9.17) is 0 Å². The highest BCUT2D eigenvalue weighted by molar-refractivity contribution is 5.48. The Morgan fingerprint density at radius 3 is 2.79 bits per heavy atom. The van der Waals surface area contributed by atoms with Gasteiger partial charge >= 0.3 is 0 Å². The Labute approximate surface area is 85.7 Å². The third-order valence-electron chi connectivity index (χ3n) is 3.00. The topological polar surface area (TPSA) is 24.9 Å². The van der Waals surface area contributed by atoms with Gasteiger partial charge in [0.15, 0.2) is 0 Å². The van der Waals surface area contributed by atoms with Crippen LogP contribution in [0.3, 0.4) is 0 Å². The number of hydrogen-bond donors (Lipinski definition) is 1. The van der Waals surface area contributed by atoms with E-state index in [-0.39, 0.29) is 0 Å². The Balaban J connectivity index is 1.99. The highest BCUT2D eigenvalue weighted by Gasteiger charge is 2.13. The van der Waals surface area contributed by atoms with Crippen LogP contribution in [0.15, 0.2) is 18.5 Å². The second-order valence-electron chi connectivity index (χ2n) is 4.17. The fourth-order valence-electron chi connectivity index (χ4n) is 2.08. The highest BCUT2D eigenvalue weighted by atomic mass is 14.9. The van der Waals surface area contributed by atoms with Crippen molar-refractivity contribution in [2.24, 2.45) is 0 Å². The fourth-order valence-corrected chi connectivity index (χ4v) is 2.08. The van der Waals surface area contributed by atoms with Gasteiger partial charge in [-0.1, -0.05) is 19.3 Å². The Bertz CT molecular complexity index is 290. The van der Waals surface area contributed by atoms with Gasteiger partial charge in [0.05, 0.1) is 11.9 Å². The minimum atomic E-state index is 0.673. The predicted octanol–water partition coefficient (Wildman–Crippen LogP) is 3.13. The molecule has 0 aromatic carbocycles. The lowest BCUT2D eigenvalue weighted by Gasteiger charge is -2.24. The molecule has 1 fully saturated rings. The maximum absolute atomic E-state index is 4.15. The molecule has 0 atom stereocenters. The van der Waals surface area contributed by atoms with Crippen molar-refractivity contribution < 1.29 is 0 Å². The zero-order chi connectivity index (χ0) is 9.80. The van der Waals surface area contributed by atoms with Gasteiger partial charge in [-0.25, -0.2) is 0 Å². The van der Waals surface area contributed by atoms with Crippen molar-refractivity contribution in [3.63, 3.8) is 0 Å². The number of aromatic nitrogens is 1. The van der Waals surface area contributed by atoms with Crippen molar-refractivity contribution in [1.29, 1.82) is 0 Å². The third kappa shape index (κ3) is 2.25. The molecule has 14 heavy (non-hydrogen) atoms. The van der Waals surface area contributed by atoms with Crippen molar-refractivity contribution in [3.8, 4) is 0 Å². The molecule has 1 aromatic rings. The monoisotopic (exact) mass is 190 g/mol. The van der Waals surface area contributed by atoms with Gasteiger partial charge in [0, 0.05) is 12.2 Å². The first-order valence-corrected chi connectivity index (χ1v) is 5.53. The second-order valence-corrected chi connectivity index (χ2v) is 4.17. The SMILES string of the molecule is Cc1ccncc1NC1CCCCC1. The van der Waals surface area contributed by atoms with E-state index in [1.54, 1.807) is 0 Å². The molecule has 1 aliphatic rings. The lowest BCUT2D eigenvalue weighted by molar-refractivity contribution is 0.462. The van der Waals surface area contributed by atoms with Crippen molar-refractivity contribution >= 4 is 5.69 Å². The smallest absolute Gasteiger partial charge is 0.0558 e. The highest BCUT2D eigenvalue weighted by Crippen LogP contribution is 2.22. The molecule has 1 heterocycles. The number of anilines is 1. The summed E-state index contributed by atoms with van der Waals surface area (Å²) >= 11 is 0. The van der Waals surface area contributed by atoms with Crippen LogP contribution in [-0.2, 0) is 0 Å². The predicted molar refractivity (Wildman–Crippen MR) is 59.5 cm³/mol. The number of rotatable bonds is 2. The van der Waals surface area contributed by atoms with E-state index < -0.39 is 0 Å². The summed E-state index contributed by atoms with van der Waals surface area (Å²) in [7, 11) is 0. The summed E-state index contributed by atoms with van der Waals surface area (Å²) in [5.41, 5.74) is 2.50. The van der Waals surface area contributed by atoms with Crippen LogP contribution in [-0.4, -0.2) is 11.0 Å². The number of pyridine rings is 1. The second kappa shape index (κ2) is 4.45. The van der Waals surface area contributed by atoms with Gasteiger partial charge in [0.1, 0.15) is 0 Å². The minimum Gasteiger partial charge on any atom is -0.381 e. The van der Waals surface area contributed by atoms with Gasteiger partial charge < -0.3 is 5.32 Å². The van der Waals surface area contributed by atoms with Gasteiger partial charge in [-0.15, -0.1) is 0 Å². The van der Waals surface area contributed by atoms with Gasteiger partial charge in [-0.2, -0.15) is 0 Å². The molecule has 0 amide bonds. The fraction of sp³-hybridized carbons (Fsp3) is 0.583. The molecule has 0 aliphatic heterocycles. The molecule has 1 saturated carbocycles. The van der Waals surface area contributed by atoms with E-state index in [0.717, 1.165) is 0 Å². The normalized spacial score (nSPS) is 18.1. The first-order chi connectivity index (χ1) is 6.86. The standard InChI is InChI=1S/C12H18N2/c1-10-7-8-13-9-12(10)14-11-5-3-2-4-6-11/h7-9,11,14H,2-6H2,1H3. The van der Waals surface area contributed by atoms with Crippen LogP contribution in [0.1, 0.15) is 37.7 Å². The third-order valence-corrected chi connectivity index (χ3v) is 3.00. The van der Waals surface area contributed by atoms with Crippen LogP contribution in [0.4, 0.5) is 5.69 Å². The zero-order valence-corrected chi connectivity index (χ0v) is 8.79. The number of aryl methyl sites for hydroxylation is 1. The average Bonchev–Trinajstić information content (AvgIpc) is 2.23. The maximum Gasteiger partial charge on any atom is 0.0558 e. The van der Waals surface area contributed by atoms with E-state index in [1.807, 2.05) is 12.4 Å².